The van der Waals surface area contributed by atoms with E-state index < -0.39 is 0 Å². The van der Waals surface area contributed by atoms with Crippen molar-refractivity contribution in [3.63, 3.8) is 0 Å². The third kappa shape index (κ3) is 4.55. The minimum absolute atomic E-state index is 0.899. The van der Waals surface area contributed by atoms with E-state index in [4.69, 9.17) is 14.4 Å². The first-order chi connectivity index (χ1) is 27.2. The van der Waals surface area contributed by atoms with Crippen molar-refractivity contribution in [2.45, 2.75) is 0 Å². The lowest BCUT2D eigenvalue weighted by Crippen LogP contribution is -1.90. The van der Waals surface area contributed by atoms with Gasteiger partial charge in [-0.25, -0.2) is 4.98 Å². The molecule has 0 spiro atoms. The van der Waals surface area contributed by atoms with E-state index >= 15 is 0 Å². The van der Waals surface area contributed by atoms with Gasteiger partial charge in [-0.3, -0.25) is 9.97 Å². The first-order valence-electron chi connectivity index (χ1n) is 18.6. The quantitative estimate of drug-likeness (QED) is 0.172. The summed E-state index contributed by atoms with van der Waals surface area (Å²) >= 11 is 0. The van der Waals surface area contributed by atoms with Crippen LogP contribution >= 0.6 is 0 Å². The molecule has 0 bridgehead atoms. The van der Waals surface area contributed by atoms with Crippen LogP contribution in [-0.4, -0.2) is 15.0 Å². The highest BCUT2D eigenvalue weighted by atomic mass is 16.3. The summed E-state index contributed by atoms with van der Waals surface area (Å²) in [6.07, 6.45) is 3.73. The first kappa shape index (κ1) is 30.1. The Kier molecular flexibility index (Phi) is 6.31. The van der Waals surface area contributed by atoms with Gasteiger partial charge in [0, 0.05) is 55.7 Å². The maximum atomic E-state index is 6.53. The number of rotatable bonds is 3. The minimum Gasteiger partial charge on any atom is -0.455 e. The number of hydrogen-bond donors (Lipinski definition) is 0. The standard InChI is InChI=1S/C51H29N3O/c1-3-9-45-43(8-1)47-44(24-23-42-40-7-2-4-10-46(40)55-51(42)47)48(54-45)32-13-11-30(12-14-32)33-18-20-37-34(28-33)15-16-35-29-36(19-21-38(35)37)39-25-27-53-50-41(39)22-17-31-6-5-26-52-49(31)50/h1-29H. The summed E-state index contributed by atoms with van der Waals surface area (Å²) in [5, 5.41) is 12.6. The summed E-state index contributed by atoms with van der Waals surface area (Å²) in [4.78, 5) is 14.6. The fourth-order valence-corrected chi connectivity index (χ4v) is 8.68. The maximum Gasteiger partial charge on any atom is 0.144 e. The van der Waals surface area contributed by atoms with Crippen LogP contribution in [0, 0.1) is 0 Å². The third-order valence-electron chi connectivity index (χ3n) is 11.3. The molecular weight excluding hydrogens is 671 g/mol. The van der Waals surface area contributed by atoms with Gasteiger partial charge in [-0.2, -0.15) is 0 Å². The van der Waals surface area contributed by atoms with Crippen molar-refractivity contribution in [1.82, 2.24) is 15.0 Å². The van der Waals surface area contributed by atoms with Gasteiger partial charge in [-0.1, -0.05) is 121 Å². The minimum atomic E-state index is 0.899. The van der Waals surface area contributed by atoms with Gasteiger partial charge in [0.2, 0.25) is 0 Å². The molecule has 4 heteroatoms. The molecule has 4 nitrogen and oxygen atoms in total. The van der Waals surface area contributed by atoms with E-state index in [1.807, 2.05) is 30.6 Å². The summed E-state index contributed by atoms with van der Waals surface area (Å²) < 4.78 is 6.53. The highest BCUT2D eigenvalue weighted by Gasteiger charge is 2.17. The van der Waals surface area contributed by atoms with Gasteiger partial charge in [0.05, 0.1) is 22.2 Å². The number of furan rings is 1. The molecule has 12 aromatic rings. The van der Waals surface area contributed by atoms with E-state index in [9.17, 15) is 0 Å². The highest BCUT2D eigenvalue weighted by molar-refractivity contribution is 6.24. The van der Waals surface area contributed by atoms with Crippen LogP contribution in [0.2, 0.25) is 0 Å². The molecule has 0 aliphatic rings. The molecule has 0 saturated heterocycles. The SMILES string of the molecule is c1cnc2c(c1)ccc1c(-c3ccc4c(ccc5cc(-c6ccc(-c7nc8ccccc8c8c7ccc7c9ccccc9oc78)cc6)ccc54)c3)ccnc12. The zero-order valence-electron chi connectivity index (χ0n) is 29.5. The zero-order valence-corrected chi connectivity index (χ0v) is 29.5. The highest BCUT2D eigenvalue weighted by Crippen LogP contribution is 2.41. The monoisotopic (exact) mass is 699 g/mol. The number of para-hydroxylation sites is 2. The van der Waals surface area contributed by atoms with E-state index in [0.717, 1.165) is 87.8 Å². The average Bonchev–Trinajstić information content (AvgIpc) is 3.64. The molecule has 4 heterocycles. The Labute approximate surface area is 315 Å². The number of fused-ring (bicyclic) bond motifs is 13. The van der Waals surface area contributed by atoms with Crippen molar-refractivity contribution in [1.29, 1.82) is 0 Å². The molecule has 254 valence electrons. The van der Waals surface area contributed by atoms with E-state index in [1.165, 1.54) is 32.7 Å². The molecule has 0 unspecified atom stereocenters. The molecule has 0 amide bonds. The first-order valence-corrected chi connectivity index (χ1v) is 18.6. The van der Waals surface area contributed by atoms with Crippen molar-refractivity contribution >= 4 is 87.0 Å². The van der Waals surface area contributed by atoms with Gasteiger partial charge in [-0.05, 0) is 86.3 Å². The number of hydrogen-bond acceptors (Lipinski definition) is 4. The second kappa shape index (κ2) is 11.5. The summed E-state index contributed by atoms with van der Waals surface area (Å²) in [5.41, 5.74) is 11.3. The molecule has 0 saturated carbocycles. The van der Waals surface area contributed by atoms with Crippen molar-refractivity contribution in [2.75, 3.05) is 0 Å². The summed E-state index contributed by atoms with van der Waals surface area (Å²) in [6, 6.07) is 58.4. The Morgan fingerprint density at radius 2 is 1.04 bits per heavy atom. The van der Waals surface area contributed by atoms with Crippen LogP contribution in [0.15, 0.2) is 181 Å². The van der Waals surface area contributed by atoms with Crippen LogP contribution in [0.5, 0.6) is 0 Å². The van der Waals surface area contributed by atoms with Gasteiger partial charge in [0.25, 0.3) is 0 Å². The number of pyridine rings is 3. The molecule has 55 heavy (non-hydrogen) atoms. The Balaban J connectivity index is 0.923. The van der Waals surface area contributed by atoms with Crippen LogP contribution in [0.25, 0.3) is 120 Å². The normalized spacial score (nSPS) is 12.0. The van der Waals surface area contributed by atoms with Gasteiger partial charge in [-0.15, -0.1) is 0 Å². The van der Waals surface area contributed by atoms with Crippen LogP contribution in [0.1, 0.15) is 0 Å². The zero-order chi connectivity index (χ0) is 36.0. The second-order valence-corrected chi connectivity index (χ2v) is 14.4. The molecule has 12 rings (SSSR count). The lowest BCUT2D eigenvalue weighted by atomic mass is 9.93. The molecule has 0 radical (unpaired) electrons. The fraction of sp³-hybridized carbons (Fsp3) is 0. The largest absolute Gasteiger partial charge is 0.455 e. The molecular formula is C51H29N3O. The van der Waals surface area contributed by atoms with Crippen molar-refractivity contribution in [3.8, 4) is 33.5 Å². The molecule has 0 aliphatic heterocycles. The average molecular weight is 700 g/mol. The molecule has 0 atom stereocenters. The van der Waals surface area contributed by atoms with Crippen LogP contribution in [-0.2, 0) is 0 Å². The van der Waals surface area contributed by atoms with Crippen molar-refractivity contribution in [2.24, 2.45) is 0 Å². The molecule has 8 aromatic carbocycles. The Morgan fingerprint density at radius 3 is 1.91 bits per heavy atom. The fourth-order valence-electron chi connectivity index (χ4n) is 8.68. The molecule has 4 aromatic heterocycles. The predicted molar refractivity (Wildman–Crippen MR) is 228 cm³/mol. The predicted octanol–water partition coefficient (Wildman–Crippen LogP) is 13.7. The smallest absolute Gasteiger partial charge is 0.144 e. The van der Waals surface area contributed by atoms with E-state index in [0.29, 0.717) is 0 Å². The number of nitrogens with zero attached hydrogens (tertiary/aromatic N) is 3. The van der Waals surface area contributed by atoms with Crippen LogP contribution < -0.4 is 0 Å². The van der Waals surface area contributed by atoms with Gasteiger partial charge < -0.3 is 4.42 Å². The summed E-state index contributed by atoms with van der Waals surface area (Å²) in [7, 11) is 0. The Bertz CT molecular complexity index is 3550. The lowest BCUT2D eigenvalue weighted by molar-refractivity contribution is 0.673. The van der Waals surface area contributed by atoms with Gasteiger partial charge >= 0.3 is 0 Å². The maximum absolute atomic E-state index is 6.53. The second-order valence-electron chi connectivity index (χ2n) is 14.4. The number of benzene rings is 8. The van der Waals surface area contributed by atoms with Crippen LogP contribution in [0.4, 0.5) is 0 Å². The topological polar surface area (TPSA) is 51.8 Å². The van der Waals surface area contributed by atoms with Crippen molar-refractivity contribution in [3.05, 3.63) is 176 Å². The van der Waals surface area contributed by atoms with E-state index in [1.54, 1.807) is 0 Å². The molecule has 0 fully saturated rings. The molecule has 0 N–H and O–H groups in total. The number of aromatic nitrogens is 3. The Morgan fingerprint density at radius 1 is 0.382 bits per heavy atom. The van der Waals surface area contributed by atoms with Gasteiger partial charge in [0.1, 0.15) is 11.2 Å². The van der Waals surface area contributed by atoms with Gasteiger partial charge in [0.15, 0.2) is 0 Å². The Hall–Kier alpha value is -7.43. The van der Waals surface area contributed by atoms with Crippen LogP contribution in [0.3, 0.4) is 0 Å². The van der Waals surface area contributed by atoms with Crippen molar-refractivity contribution < 1.29 is 4.42 Å². The van der Waals surface area contributed by atoms with E-state index in [-0.39, 0.29) is 0 Å². The lowest BCUT2D eigenvalue weighted by Gasteiger charge is -2.12. The molecule has 0 aliphatic carbocycles. The van der Waals surface area contributed by atoms with E-state index in [2.05, 4.69) is 151 Å². The summed E-state index contributed by atoms with van der Waals surface area (Å²) in [5.74, 6) is 0. The third-order valence-corrected chi connectivity index (χ3v) is 11.3. The summed E-state index contributed by atoms with van der Waals surface area (Å²) in [6.45, 7) is 0.